The summed E-state index contributed by atoms with van der Waals surface area (Å²) in [4.78, 5) is 37.9. The van der Waals surface area contributed by atoms with Crippen molar-refractivity contribution in [2.75, 3.05) is 18.4 Å². The standard InChI is InChI=1S/C22H22F3N3O3/c1-14(29)26-19-4-2-3-16(13-19)21(31)28-11-9-18(10-12-28)27-20(30)15-5-7-17(8-6-15)22(23,24)25/h2-8,13,18H,9-12H2,1H3,(H,26,29)(H,27,30). The Labute approximate surface area is 177 Å². The maximum absolute atomic E-state index is 12.7. The molecule has 2 N–H and O–H groups in total. The van der Waals surface area contributed by atoms with Crippen LogP contribution in [0.3, 0.4) is 0 Å². The number of likely N-dealkylation sites (tertiary alicyclic amines) is 1. The molecule has 0 spiro atoms. The fourth-order valence-corrected chi connectivity index (χ4v) is 3.42. The van der Waals surface area contributed by atoms with Gasteiger partial charge < -0.3 is 15.5 Å². The van der Waals surface area contributed by atoms with Crippen LogP contribution in [0.5, 0.6) is 0 Å². The quantitative estimate of drug-likeness (QED) is 0.772. The third kappa shape index (κ3) is 5.84. The van der Waals surface area contributed by atoms with Crippen LogP contribution >= 0.6 is 0 Å². The van der Waals surface area contributed by atoms with E-state index in [1.54, 1.807) is 29.2 Å². The van der Waals surface area contributed by atoms with Gasteiger partial charge in [0.1, 0.15) is 0 Å². The third-order valence-corrected chi connectivity index (χ3v) is 5.02. The van der Waals surface area contributed by atoms with E-state index >= 15 is 0 Å². The van der Waals surface area contributed by atoms with E-state index < -0.39 is 17.6 Å². The Morgan fingerprint density at radius 1 is 0.968 bits per heavy atom. The van der Waals surface area contributed by atoms with Gasteiger partial charge in [0.15, 0.2) is 0 Å². The largest absolute Gasteiger partial charge is 0.416 e. The van der Waals surface area contributed by atoms with Crippen molar-refractivity contribution in [3.05, 3.63) is 65.2 Å². The number of amides is 3. The molecule has 0 bridgehead atoms. The molecule has 1 heterocycles. The lowest BCUT2D eigenvalue weighted by Gasteiger charge is -2.32. The molecule has 6 nitrogen and oxygen atoms in total. The summed E-state index contributed by atoms with van der Waals surface area (Å²) < 4.78 is 37.9. The van der Waals surface area contributed by atoms with Crippen molar-refractivity contribution in [3.8, 4) is 0 Å². The number of piperidine rings is 1. The summed E-state index contributed by atoms with van der Waals surface area (Å²) in [6, 6.07) is 10.6. The molecule has 0 aromatic heterocycles. The highest BCUT2D eigenvalue weighted by Crippen LogP contribution is 2.29. The Balaban J connectivity index is 1.54. The normalized spacial score (nSPS) is 14.8. The Bertz CT molecular complexity index is 966. The van der Waals surface area contributed by atoms with Crippen LogP contribution in [0, 0.1) is 0 Å². The van der Waals surface area contributed by atoms with Crippen LogP contribution in [0.25, 0.3) is 0 Å². The van der Waals surface area contributed by atoms with Gasteiger partial charge in [0.25, 0.3) is 11.8 Å². The summed E-state index contributed by atoms with van der Waals surface area (Å²) in [7, 11) is 0. The van der Waals surface area contributed by atoms with Crippen LogP contribution in [0.1, 0.15) is 46.0 Å². The number of alkyl halides is 3. The molecular weight excluding hydrogens is 411 g/mol. The predicted molar refractivity (Wildman–Crippen MR) is 109 cm³/mol. The smallest absolute Gasteiger partial charge is 0.349 e. The summed E-state index contributed by atoms with van der Waals surface area (Å²) in [5, 5.41) is 5.46. The van der Waals surface area contributed by atoms with E-state index in [1.807, 2.05) is 0 Å². The van der Waals surface area contributed by atoms with E-state index in [-0.39, 0.29) is 23.4 Å². The average Bonchev–Trinajstić information content (AvgIpc) is 2.73. The van der Waals surface area contributed by atoms with E-state index in [0.29, 0.717) is 37.2 Å². The van der Waals surface area contributed by atoms with Gasteiger partial charge in [-0.15, -0.1) is 0 Å². The fraction of sp³-hybridized carbons (Fsp3) is 0.318. The van der Waals surface area contributed by atoms with Crippen LogP contribution in [-0.4, -0.2) is 41.8 Å². The number of hydrogen-bond donors (Lipinski definition) is 2. The lowest BCUT2D eigenvalue weighted by atomic mass is 10.0. The van der Waals surface area contributed by atoms with Crippen molar-refractivity contribution >= 4 is 23.4 Å². The molecule has 0 aliphatic carbocycles. The van der Waals surface area contributed by atoms with Gasteiger partial charge in [0.05, 0.1) is 5.56 Å². The van der Waals surface area contributed by atoms with Gasteiger partial charge in [0, 0.05) is 42.9 Å². The third-order valence-electron chi connectivity index (χ3n) is 5.02. The molecule has 1 aliphatic heterocycles. The molecule has 2 aromatic carbocycles. The van der Waals surface area contributed by atoms with Crippen LogP contribution in [0.2, 0.25) is 0 Å². The molecule has 0 radical (unpaired) electrons. The van der Waals surface area contributed by atoms with Crippen LogP contribution in [0.4, 0.5) is 18.9 Å². The highest BCUT2D eigenvalue weighted by molar-refractivity contribution is 5.97. The minimum atomic E-state index is -4.45. The Hall–Kier alpha value is -3.36. The first-order valence-electron chi connectivity index (χ1n) is 9.78. The van der Waals surface area contributed by atoms with Crippen LogP contribution < -0.4 is 10.6 Å². The Morgan fingerprint density at radius 2 is 1.61 bits per heavy atom. The van der Waals surface area contributed by atoms with Crippen LogP contribution in [0.15, 0.2) is 48.5 Å². The number of carbonyl (C=O) groups is 3. The summed E-state index contributed by atoms with van der Waals surface area (Å²) in [5.74, 6) is -0.838. The number of nitrogens with zero attached hydrogens (tertiary/aromatic N) is 1. The molecule has 0 atom stereocenters. The summed E-state index contributed by atoms with van der Waals surface area (Å²) in [6.07, 6.45) is -3.39. The van der Waals surface area contributed by atoms with E-state index in [4.69, 9.17) is 0 Å². The monoisotopic (exact) mass is 433 g/mol. The second-order valence-electron chi connectivity index (χ2n) is 7.38. The van der Waals surface area contributed by atoms with Crippen molar-refractivity contribution < 1.29 is 27.6 Å². The number of nitrogens with one attached hydrogen (secondary N) is 2. The van der Waals surface area contributed by atoms with E-state index in [1.165, 1.54) is 6.92 Å². The lowest BCUT2D eigenvalue weighted by molar-refractivity contribution is -0.137. The van der Waals surface area contributed by atoms with Crippen LogP contribution in [-0.2, 0) is 11.0 Å². The molecule has 3 amide bonds. The molecule has 31 heavy (non-hydrogen) atoms. The summed E-state index contributed by atoms with van der Waals surface area (Å²) in [6.45, 7) is 2.25. The lowest BCUT2D eigenvalue weighted by Crippen LogP contribution is -2.46. The zero-order chi connectivity index (χ0) is 22.6. The highest BCUT2D eigenvalue weighted by Gasteiger charge is 2.30. The molecule has 2 aromatic rings. The molecule has 9 heteroatoms. The number of rotatable bonds is 4. The minimum absolute atomic E-state index is 0.154. The van der Waals surface area contributed by atoms with Crippen molar-refractivity contribution in [3.63, 3.8) is 0 Å². The summed E-state index contributed by atoms with van der Waals surface area (Å²) >= 11 is 0. The average molecular weight is 433 g/mol. The summed E-state index contributed by atoms with van der Waals surface area (Å²) in [5.41, 5.74) is 0.343. The Kier molecular flexibility index (Phi) is 6.62. The van der Waals surface area contributed by atoms with E-state index in [2.05, 4.69) is 10.6 Å². The Morgan fingerprint density at radius 3 is 2.19 bits per heavy atom. The zero-order valence-electron chi connectivity index (χ0n) is 16.8. The van der Waals surface area contributed by atoms with E-state index in [9.17, 15) is 27.6 Å². The first-order chi connectivity index (χ1) is 14.6. The fourth-order valence-electron chi connectivity index (χ4n) is 3.42. The second-order valence-corrected chi connectivity index (χ2v) is 7.38. The molecule has 3 rings (SSSR count). The number of hydrogen-bond acceptors (Lipinski definition) is 3. The van der Waals surface area contributed by atoms with Gasteiger partial charge >= 0.3 is 6.18 Å². The number of carbonyl (C=O) groups excluding carboxylic acids is 3. The number of benzene rings is 2. The molecule has 164 valence electrons. The van der Waals surface area contributed by atoms with Gasteiger partial charge in [-0.1, -0.05) is 6.07 Å². The molecule has 1 saturated heterocycles. The molecule has 1 fully saturated rings. The van der Waals surface area contributed by atoms with Gasteiger partial charge in [-0.2, -0.15) is 13.2 Å². The second kappa shape index (κ2) is 9.20. The van der Waals surface area contributed by atoms with Crippen molar-refractivity contribution in [1.29, 1.82) is 0 Å². The molecule has 0 unspecified atom stereocenters. The maximum Gasteiger partial charge on any atom is 0.416 e. The SMILES string of the molecule is CC(=O)Nc1cccc(C(=O)N2CCC(NC(=O)c3ccc(C(F)(F)F)cc3)CC2)c1. The van der Waals surface area contributed by atoms with Gasteiger partial charge in [0.2, 0.25) is 5.91 Å². The van der Waals surface area contributed by atoms with E-state index in [0.717, 1.165) is 24.3 Å². The number of anilines is 1. The van der Waals surface area contributed by atoms with Crippen molar-refractivity contribution in [1.82, 2.24) is 10.2 Å². The molecular formula is C22H22F3N3O3. The predicted octanol–water partition coefficient (Wildman–Crippen LogP) is 3.70. The van der Waals surface area contributed by atoms with Crippen molar-refractivity contribution in [2.24, 2.45) is 0 Å². The molecule has 1 aliphatic rings. The van der Waals surface area contributed by atoms with Gasteiger partial charge in [-0.25, -0.2) is 0 Å². The topological polar surface area (TPSA) is 78.5 Å². The molecule has 0 saturated carbocycles. The van der Waals surface area contributed by atoms with Crippen molar-refractivity contribution in [2.45, 2.75) is 32.0 Å². The van der Waals surface area contributed by atoms with Gasteiger partial charge in [-0.05, 0) is 55.3 Å². The highest BCUT2D eigenvalue weighted by atomic mass is 19.4. The maximum atomic E-state index is 12.7. The van der Waals surface area contributed by atoms with Gasteiger partial charge in [-0.3, -0.25) is 14.4 Å². The minimum Gasteiger partial charge on any atom is -0.349 e. The number of halogens is 3. The first-order valence-corrected chi connectivity index (χ1v) is 9.78. The zero-order valence-corrected chi connectivity index (χ0v) is 16.8. The first kappa shape index (κ1) is 22.3.